The first-order valence-corrected chi connectivity index (χ1v) is 5.64. The summed E-state index contributed by atoms with van der Waals surface area (Å²) in [5, 5.41) is 7.91. The smallest absolute Gasteiger partial charge is 0.221 e. The Morgan fingerprint density at radius 2 is 2.36 bits per heavy atom. The number of hydrogen-bond acceptors (Lipinski definition) is 3. The van der Waals surface area contributed by atoms with Crippen molar-refractivity contribution in [3.05, 3.63) is 22.4 Å². The second kappa shape index (κ2) is 6.56. The molecule has 0 radical (unpaired) electrons. The molecule has 1 heterocycles. The van der Waals surface area contributed by atoms with Crippen LogP contribution in [0.4, 0.5) is 0 Å². The van der Waals surface area contributed by atoms with E-state index >= 15 is 0 Å². The van der Waals surface area contributed by atoms with Gasteiger partial charge in [-0.15, -0.1) is 11.3 Å². The van der Waals surface area contributed by atoms with Gasteiger partial charge in [0.15, 0.2) is 0 Å². The first kappa shape index (κ1) is 11.2. The lowest BCUT2D eigenvalue weighted by Crippen LogP contribution is -2.25. The Balaban J connectivity index is 1.97. The van der Waals surface area contributed by atoms with E-state index in [1.807, 2.05) is 0 Å². The van der Waals surface area contributed by atoms with Crippen LogP contribution in [0.2, 0.25) is 0 Å². The van der Waals surface area contributed by atoms with Crippen LogP contribution in [-0.4, -0.2) is 26.0 Å². The van der Waals surface area contributed by atoms with Crippen molar-refractivity contribution in [2.45, 2.75) is 12.8 Å². The fraction of sp³-hybridized carbons (Fsp3) is 0.500. The molecule has 0 fully saturated rings. The molecule has 0 aliphatic heterocycles. The van der Waals surface area contributed by atoms with Gasteiger partial charge in [-0.05, 0) is 24.4 Å². The Morgan fingerprint density at radius 1 is 1.50 bits per heavy atom. The molecule has 0 aromatic carbocycles. The average molecular weight is 212 g/mol. The Bertz CT molecular complexity index is 259. The Labute approximate surface area is 88.5 Å². The minimum atomic E-state index is 0.0913. The molecule has 1 amide bonds. The molecule has 0 saturated heterocycles. The predicted molar refractivity (Wildman–Crippen MR) is 59.6 cm³/mol. The molecule has 14 heavy (non-hydrogen) atoms. The third-order valence-corrected chi connectivity index (χ3v) is 2.87. The third-order valence-electron chi connectivity index (χ3n) is 1.94. The van der Waals surface area contributed by atoms with Gasteiger partial charge in [0.2, 0.25) is 5.91 Å². The zero-order valence-corrected chi connectivity index (χ0v) is 9.19. The Morgan fingerprint density at radius 3 is 3.00 bits per heavy atom. The zero-order chi connectivity index (χ0) is 10.2. The number of carbonyl (C=O) groups excluding carboxylic acids is 1. The quantitative estimate of drug-likeness (QED) is 0.691. The van der Waals surface area contributed by atoms with E-state index in [-0.39, 0.29) is 5.91 Å². The van der Waals surface area contributed by atoms with E-state index in [1.165, 1.54) is 4.88 Å². The van der Waals surface area contributed by atoms with Crippen molar-refractivity contribution < 1.29 is 4.79 Å². The lowest BCUT2D eigenvalue weighted by atomic mass is 10.3. The molecule has 0 spiro atoms. The minimum Gasteiger partial charge on any atom is -0.359 e. The Hall–Kier alpha value is -0.870. The van der Waals surface area contributed by atoms with E-state index in [9.17, 15) is 4.79 Å². The van der Waals surface area contributed by atoms with Crippen molar-refractivity contribution >= 4 is 17.2 Å². The molecule has 0 aliphatic rings. The predicted octanol–water partition coefficient (Wildman–Crippen LogP) is 1.02. The summed E-state index contributed by atoms with van der Waals surface area (Å²) in [6, 6.07) is 4.19. The fourth-order valence-electron chi connectivity index (χ4n) is 1.12. The van der Waals surface area contributed by atoms with Gasteiger partial charge in [0, 0.05) is 24.9 Å². The lowest BCUT2D eigenvalue weighted by molar-refractivity contribution is -0.120. The summed E-state index contributed by atoms with van der Waals surface area (Å²) < 4.78 is 0. The maximum absolute atomic E-state index is 10.9. The molecule has 2 N–H and O–H groups in total. The highest BCUT2D eigenvalue weighted by molar-refractivity contribution is 7.09. The molecule has 4 heteroatoms. The van der Waals surface area contributed by atoms with Gasteiger partial charge in [-0.1, -0.05) is 6.07 Å². The summed E-state index contributed by atoms with van der Waals surface area (Å²) in [6.07, 6.45) is 1.60. The highest BCUT2D eigenvalue weighted by Crippen LogP contribution is 2.07. The van der Waals surface area contributed by atoms with Crippen molar-refractivity contribution in [3.8, 4) is 0 Å². The highest BCUT2D eigenvalue weighted by atomic mass is 32.1. The molecule has 0 aliphatic carbocycles. The summed E-state index contributed by atoms with van der Waals surface area (Å²) >= 11 is 1.77. The van der Waals surface area contributed by atoms with E-state index in [0.29, 0.717) is 6.42 Å². The SMILES string of the molecule is CNC(=O)CCNCCc1cccs1. The van der Waals surface area contributed by atoms with Crippen LogP contribution in [0.25, 0.3) is 0 Å². The van der Waals surface area contributed by atoms with Gasteiger partial charge in [-0.3, -0.25) is 4.79 Å². The van der Waals surface area contributed by atoms with Gasteiger partial charge in [0.1, 0.15) is 0 Å². The summed E-state index contributed by atoms with van der Waals surface area (Å²) in [5.74, 6) is 0.0913. The van der Waals surface area contributed by atoms with Crippen LogP contribution in [0.15, 0.2) is 17.5 Å². The van der Waals surface area contributed by atoms with Crippen molar-refractivity contribution in [2.24, 2.45) is 0 Å². The first-order valence-electron chi connectivity index (χ1n) is 4.76. The van der Waals surface area contributed by atoms with Crippen molar-refractivity contribution in [2.75, 3.05) is 20.1 Å². The number of hydrogen-bond donors (Lipinski definition) is 2. The monoisotopic (exact) mass is 212 g/mol. The van der Waals surface area contributed by atoms with Crippen LogP contribution in [0.1, 0.15) is 11.3 Å². The molecule has 3 nitrogen and oxygen atoms in total. The molecule has 0 bridgehead atoms. The summed E-state index contributed by atoms with van der Waals surface area (Å²) in [7, 11) is 1.66. The third kappa shape index (κ3) is 4.39. The van der Waals surface area contributed by atoms with Gasteiger partial charge in [-0.25, -0.2) is 0 Å². The molecule has 1 aromatic rings. The van der Waals surface area contributed by atoms with Gasteiger partial charge in [0.25, 0.3) is 0 Å². The highest BCUT2D eigenvalue weighted by Gasteiger charge is 1.97. The molecule has 0 atom stereocenters. The second-order valence-electron chi connectivity index (χ2n) is 3.00. The van der Waals surface area contributed by atoms with Crippen molar-refractivity contribution in [1.82, 2.24) is 10.6 Å². The molecule has 78 valence electrons. The number of nitrogens with one attached hydrogen (secondary N) is 2. The largest absolute Gasteiger partial charge is 0.359 e. The minimum absolute atomic E-state index is 0.0913. The van der Waals surface area contributed by atoms with Crippen LogP contribution < -0.4 is 10.6 Å². The van der Waals surface area contributed by atoms with Gasteiger partial charge < -0.3 is 10.6 Å². The Kier molecular flexibility index (Phi) is 5.25. The summed E-state index contributed by atoms with van der Waals surface area (Å²) in [4.78, 5) is 12.2. The molecule has 1 rings (SSSR count). The maximum Gasteiger partial charge on any atom is 0.221 e. The average Bonchev–Trinajstić information content (AvgIpc) is 2.69. The van der Waals surface area contributed by atoms with E-state index < -0.39 is 0 Å². The van der Waals surface area contributed by atoms with Crippen LogP contribution in [-0.2, 0) is 11.2 Å². The summed E-state index contributed by atoms with van der Waals surface area (Å²) in [5.41, 5.74) is 0. The topological polar surface area (TPSA) is 41.1 Å². The molecule has 0 unspecified atom stereocenters. The van der Waals surface area contributed by atoms with E-state index in [1.54, 1.807) is 18.4 Å². The number of carbonyl (C=O) groups is 1. The summed E-state index contributed by atoms with van der Waals surface area (Å²) in [6.45, 7) is 1.70. The number of amides is 1. The molecule has 0 saturated carbocycles. The first-order chi connectivity index (χ1) is 6.83. The normalized spacial score (nSPS) is 10.1. The fourth-order valence-corrected chi connectivity index (χ4v) is 1.83. The van der Waals surface area contributed by atoms with E-state index in [0.717, 1.165) is 19.5 Å². The van der Waals surface area contributed by atoms with Crippen LogP contribution in [0, 0.1) is 0 Å². The second-order valence-corrected chi connectivity index (χ2v) is 4.03. The van der Waals surface area contributed by atoms with Crippen LogP contribution >= 0.6 is 11.3 Å². The van der Waals surface area contributed by atoms with Gasteiger partial charge in [-0.2, -0.15) is 0 Å². The van der Waals surface area contributed by atoms with E-state index in [4.69, 9.17) is 0 Å². The van der Waals surface area contributed by atoms with E-state index in [2.05, 4.69) is 28.1 Å². The standard InChI is InChI=1S/C10H16N2OS/c1-11-10(13)5-7-12-6-4-9-3-2-8-14-9/h2-3,8,12H,4-7H2,1H3,(H,11,13). The van der Waals surface area contributed by atoms with Gasteiger partial charge >= 0.3 is 0 Å². The molecular weight excluding hydrogens is 196 g/mol. The lowest BCUT2D eigenvalue weighted by Gasteiger charge is -2.02. The maximum atomic E-state index is 10.9. The van der Waals surface area contributed by atoms with Gasteiger partial charge in [0.05, 0.1) is 0 Å². The number of rotatable bonds is 6. The van der Waals surface area contributed by atoms with Crippen molar-refractivity contribution in [1.29, 1.82) is 0 Å². The van der Waals surface area contributed by atoms with Crippen molar-refractivity contribution in [3.63, 3.8) is 0 Å². The number of thiophene rings is 1. The molecule has 1 aromatic heterocycles. The van der Waals surface area contributed by atoms with Crippen LogP contribution in [0.3, 0.4) is 0 Å². The zero-order valence-electron chi connectivity index (χ0n) is 8.38. The molecular formula is C10H16N2OS. The van der Waals surface area contributed by atoms with Crippen LogP contribution in [0.5, 0.6) is 0 Å².